The van der Waals surface area contributed by atoms with Gasteiger partial charge in [0.15, 0.2) is 11.6 Å². The fraction of sp³-hybridized carbons (Fsp3) is 0.333. The predicted molar refractivity (Wildman–Crippen MR) is 132 cm³/mol. The third-order valence-corrected chi connectivity index (χ3v) is 6.98. The van der Waals surface area contributed by atoms with Crippen molar-refractivity contribution in [3.05, 3.63) is 66.1 Å². The van der Waals surface area contributed by atoms with Gasteiger partial charge in [-0.1, -0.05) is 30.2 Å². The lowest BCUT2D eigenvalue weighted by molar-refractivity contribution is -0.131. The van der Waals surface area contributed by atoms with Gasteiger partial charge >= 0.3 is 0 Å². The van der Waals surface area contributed by atoms with Crippen molar-refractivity contribution in [2.24, 2.45) is 11.7 Å². The summed E-state index contributed by atoms with van der Waals surface area (Å²) in [5.41, 5.74) is 13.8. The monoisotopic (exact) mass is 489 g/mol. The minimum atomic E-state index is -0.477. The maximum atomic E-state index is 14.0. The highest BCUT2D eigenvalue weighted by atomic mass is 19.1. The number of hydrogen-bond donors (Lipinski definition) is 4. The van der Waals surface area contributed by atoms with Gasteiger partial charge in [-0.25, -0.2) is 9.82 Å². The highest BCUT2D eigenvalue weighted by Gasteiger charge is 2.49. The molecule has 3 aliphatic rings. The summed E-state index contributed by atoms with van der Waals surface area (Å²) in [5, 5.41) is 2.96. The van der Waals surface area contributed by atoms with Gasteiger partial charge in [-0.2, -0.15) is 0 Å². The fourth-order valence-corrected chi connectivity index (χ4v) is 5.35. The number of para-hydroxylation sites is 1. The molecule has 5 N–H and O–H groups in total. The number of nitrogens with one attached hydrogen (secondary N) is 3. The molecule has 5 unspecified atom stereocenters. The Bertz CT molecular complexity index is 1250. The lowest BCUT2D eigenvalue weighted by atomic mass is 9.86. The Morgan fingerprint density at radius 1 is 1.19 bits per heavy atom. The topological polar surface area (TPSA) is 109 Å². The molecule has 186 valence electrons. The van der Waals surface area contributed by atoms with E-state index in [-0.39, 0.29) is 35.6 Å². The van der Waals surface area contributed by atoms with E-state index in [1.165, 1.54) is 6.07 Å². The summed E-state index contributed by atoms with van der Waals surface area (Å²) in [6.07, 6.45) is 3.91. The number of halogens is 1. The van der Waals surface area contributed by atoms with Crippen LogP contribution in [0.25, 0.3) is 5.57 Å². The zero-order valence-corrected chi connectivity index (χ0v) is 19.8. The molecule has 2 fully saturated rings. The summed E-state index contributed by atoms with van der Waals surface area (Å²) in [4.78, 5) is 27.0. The van der Waals surface area contributed by atoms with Crippen molar-refractivity contribution in [1.29, 1.82) is 0 Å². The minimum Gasteiger partial charge on any atom is -0.454 e. The number of rotatable bonds is 5. The van der Waals surface area contributed by atoms with Crippen LogP contribution in [0.5, 0.6) is 11.5 Å². The predicted octanol–water partition coefficient (Wildman–Crippen LogP) is 2.24. The molecule has 36 heavy (non-hydrogen) atoms. The van der Waals surface area contributed by atoms with Crippen molar-refractivity contribution in [2.75, 3.05) is 0 Å². The highest BCUT2D eigenvalue weighted by Crippen LogP contribution is 2.42. The number of hydrazine groups is 1. The molecular formula is C27H28FN5O3. The van der Waals surface area contributed by atoms with Crippen LogP contribution >= 0.6 is 0 Å². The first-order valence-corrected chi connectivity index (χ1v) is 12.0. The van der Waals surface area contributed by atoms with E-state index >= 15 is 0 Å². The number of carbonyl (C=O) groups is 2. The van der Waals surface area contributed by atoms with Crippen molar-refractivity contribution in [3.63, 3.8) is 0 Å². The second kappa shape index (κ2) is 10.0. The minimum absolute atomic E-state index is 0.00696. The molecule has 1 saturated heterocycles. The third-order valence-electron chi connectivity index (χ3n) is 6.98. The van der Waals surface area contributed by atoms with E-state index < -0.39 is 18.0 Å². The Morgan fingerprint density at radius 2 is 1.97 bits per heavy atom. The lowest BCUT2D eigenvalue weighted by Crippen LogP contribution is -2.66. The van der Waals surface area contributed by atoms with Gasteiger partial charge < -0.3 is 20.7 Å². The van der Waals surface area contributed by atoms with Gasteiger partial charge in [-0.05, 0) is 67.5 Å². The van der Waals surface area contributed by atoms with Crippen molar-refractivity contribution >= 4 is 17.4 Å². The average molecular weight is 490 g/mol. The molecule has 2 heterocycles. The molecular weight excluding hydrogens is 461 g/mol. The molecule has 0 spiro atoms. The summed E-state index contributed by atoms with van der Waals surface area (Å²) < 4.78 is 19.6. The summed E-state index contributed by atoms with van der Waals surface area (Å²) in [5.74, 6) is 4.67. The van der Waals surface area contributed by atoms with E-state index in [2.05, 4.69) is 32.9 Å². The summed E-state index contributed by atoms with van der Waals surface area (Å²) in [7, 11) is 0. The Hall–Kier alpha value is -3.87. The summed E-state index contributed by atoms with van der Waals surface area (Å²) >= 11 is 0. The summed E-state index contributed by atoms with van der Waals surface area (Å²) in [6.45, 7) is 1.63. The van der Waals surface area contributed by atoms with Gasteiger partial charge in [0.25, 0.3) is 11.8 Å². The SMILES string of the molecule is CC#CC(=O)NC1CCC(N2C=C(c3ccc(Oc4ccccc4F)cc3)C3C(N)NNC(=O)C32)C1. The standard InChI is InChI=1S/C27H28FN5O3/c1-2-5-23(34)30-17-10-11-18(14-17)33-15-20(24-25(33)27(35)32-31-26(24)29)16-8-12-19(13-9-16)36-22-7-4-3-6-21(22)28/h3-4,6-9,12-13,15,17-18,24-26,31H,10-11,14,29H2,1H3,(H,30,34)(H,32,35). The van der Waals surface area contributed by atoms with E-state index in [1.807, 2.05) is 18.3 Å². The molecule has 9 heteroatoms. The van der Waals surface area contributed by atoms with Crippen molar-refractivity contribution < 1.29 is 18.7 Å². The quantitative estimate of drug-likeness (QED) is 0.480. The van der Waals surface area contributed by atoms with E-state index in [9.17, 15) is 14.0 Å². The molecule has 2 aliphatic heterocycles. The van der Waals surface area contributed by atoms with Crippen molar-refractivity contribution in [1.82, 2.24) is 21.1 Å². The van der Waals surface area contributed by atoms with Crippen LogP contribution in [-0.4, -0.2) is 41.0 Å². The molecule has 2 aromatic carbocycles. The third kappa shape index (κ3) is 4.65. The largest absolute Gasteiger partial charge is 0.454 e. The smallest absolute Gasteiger partial charge is 0.296 e. The molecule has 2 aromatic rings. The zero-order valence-electron chi connectivity index (χ0n) is 19.8. The van der Waals surface area contributed by atoms with Gasteiger partial charge in [-0.15, -0.1) is 0 Å². The van der Waals surface area contributed by atoms with Crippen LogP contribution in [0.1, 0.15) is 31.7 Å². The van der Waals surface area contributed by atoms with E-state index in [0.29, 0.717) is 5.75 Å². The van der Waals surface area contributed by atoms with Gasteiger partial charge in [0, 0.05) is 24.2 Å². The van der Waals surface area contributed by atoms with Crippen LogP contribution in [-0.2, 0) is 9.59 Å². The van der Waals surface area contributed by atoms with Crippen LogP contribution in [0.2, 0.25) is 0 Å². The number of benzene rings is 2. The number of hydrogen-bond acceptors (Lipinski definition) is 6. The van der Waals surface area contributed by atoms with Crippen LogP contribution in [0.15, 0.2) is 54.7 Å². The second-order valence-corrected chi connectivity index (χ2v) is 9.23. The number of ether oxygens (including phenoxy) is 1. The second-order valence-electron chi connectivity index (χ2n) is 9.23. The molecule has 0 bridgehead atoms. The first-order valence-electron chi connectivity index (χ1n) is 12.0. The Balaban J connectivity index is 1.38. The molecule has 0 aromatic heterocycles. The molecule has 5 atom stereocenters. The molecule has 0 radical (unpaired) electrons. The Labute approximate surface area is 209 Å². The van der Waals surface area contributed by atoms with Gasteiger partial charge in [0.1, 0.15) is 11.8 Å². The van der Waals surface area contributed by atoms with E-state index in [1.54, 1.807) is 37.3 Å². The normalized spacial score (nSPS) is 26.9. The molecule has 8 nitrogen and oxygen atoms in total. The van der Waals surface area contributed by atoms with Crippen LogP contribution in [0, 0.1) is 23.6 Å². The number of nitrogens with zero attached hydrogens (tertiary/aromatic N) is 1. The van der Waals surface area contributed by atoms with Gasteiger partial charge in [0.05, 0.1) is 6.17 Å². The molecule has 1 aliphatic carbocycles. The molecule has 5 rings (SSSR count). The molecule has 1 saturated carbocycles. The van der Waals surface area contributed by atoms with Crippen LogP contribution in [0.3, 0.4) is 0 Å². The number of amides is 2. The van der Waals surface area contributed by atoms with Crippen LogP contribution < -0.4 is 26.6 Å². The number of carbonyl (C=O) groups excluding carboxylic acids is 2. The maximum Gasteiger partial charge on any atom is 0.296 e. The van der Waals surface area contributed by atoms with Crippen LogP contribution in [0.4, 0.5) is 4.39 Å². The maximum absolute atomic E-state index is 14.0. The van der Waals surface area contributed by atoms with Crippen molar-refractivity contribution in [2.45, 2.75) is 50.5 Å². The van der Waals surface area contributed by atoms with Gasteiger partial charge in [-0.3, -0.25) is 15.0 Å². The number of fused-ring (bicyclic) bond motifs is 1. The first kappa shape index (κ1) is 23.9. The van der Waals surface area contributed by atoms with E-state index in [4.69, 9.17) is 10.5 Å². The molecule has 2 amide bonds. The first-order chi connectivity index (χ1) is 17.4. The van der Waals surface area contributed by atoms with Crippen molar-refractivity contribution in [3.8, 4) is 23.3 Å². The van der Waals surface area contributed by atoms with Gasteiger partial charge in [0.2, 0.25) is 0 Å². The lowest BCUT2D eigenvalue weighted by Gasteiger charge is -2.39. The fourth-order valence-electron chi connectivity index (χ4n) is 5.35. The Morgan fingerprint density at radius 3 is 2.72 bits per heavy atom. The Kier molecular flexibility index (Phi) is 6.63. The van der Waals surface area contributed by atoms with E-state index in [0.717, 1.165) is 30.4 Å². The average Bonchev–Trinajstić information content (AvgIpc) is 3.49. The summed E-state index contributed by atoms with van der Waals surface area (Å²) in [6, 6.07) is 13.2. The highest BCUT2D eigenvalue weighted by molar-refractivity contribution is 5.93. The number of nitrogens with two attached hydrogens (primary N) is 1. The zero-order chi connectivity index (χ0) is 25.2.